The van der Waals surface area contributed by atoms with Crippen molar-refractivity contribution in [2.45, 2.75) is 12.6 Å². The number of rotatable bonds is 3. The summed E-state index contributed by atoms with van der Waals surface area (Å²) in [7, 11) is -0.673. The summed E-state index contributed by atoms with van der Waals surface area (Å²) in [5, 5.41) is 0. The van der Waals surface area contributed by atoms with Crippen molar-refractivity contribution in [3.8, 4) is 0 Å². The number of benzene rings is 1. The molecule has 0 N–H and O–H groups in total. The second-order valence-electron chi connectivity index (χ2n) is 5.45. The van der Waals surface area contributed by atoms with Gasteiger partial charge in [-0.05, 0) is 18.2 Å². The van der Waals surface area contributed by atoms with E-state index in [0.717, 1.165) is 5.69 Å². The van der Waals surface area contributed by atoms with Gasteiger partial charge in [0.1, 0.15) is 5.82 Å². The third kappa shape index (κ3) is 2.35. The smallest absolute Gasteiger partial charge is 0.282 e. The largest absolute Gasteiger partial charge is 0.348 e. The van der Waals surface area contributed by atoms with E-state index in [4.69, 9.17) is 0 Å². The van der Waals surface area contributed by atoms with Crippen LogP contribution in [0.3, 0.4) is 0 Å². The van der Waals surface area contributed by atoms with Crippen LogP contribution in [-0.4, -0.2) is 42.2 Å². The average molecular weight is 323 g/mol. The van der Waals surface area contributed by atoms with Crippen molar-refractivity contribution in [3.63, 3.8) is 0 Å². The number of fused-ring (bicyclic) bond motifs is 1. The number of hydrogen-bond acceptors (Lipinski definition) is 2. The predicted octanol–water partition coefficient (Wildman–Crippen LogP) is 1.84. The van der Waals surface area contributed by atoms with E-state index >= 15 is 0 Å². The summed E-state index contributed by atoms with van der Waals surface area (Å²) in [6, 6.07) is 9.37. The van der Waals surface area contributed by atoms with E-state index in [1.165, 1.54) is 28.8 Å². The minimum atomic E-state index is -3.65. The Kier molecular flexibility index (Phi) is 3.80. The molecule has 1 aliphatic rings. The van der Waals surface area contributed by atoms with Crippen LogP contribution in [0.25, 0.3) is 0 Å². The molecule has 1 aromatic heterocycles. The highest BCUT2D eigenvalue weighted by atomic mass is 32.2. The fourth-order valence-corrected chi connectivity index (χ4v) is 4.05. The Hall–Kier alpha value is -1.70. The maximum Gasteiger partial charge on any atom is 0.282 e. The Balaban J connectivity index is 2.18. The lowest BCUT2D eigenvalue weighted by Crippen LogP contribution is -2.47. The van der Waals surface area contributed by atoms with Crippen LogP contribution in [0.4, 0.5) is 4.39 Å². The molecule has 0 spiro atoms. The Morgan fingerprint density at radius 1 is 1.14 bits per heavy atom. The first-order chi connectivity index (χ1) is 10.4. The second-order valence-corrected chi connectivity index (χ2v) is 7.55. The van der Waals surface area contributed by atoms with Crippen molar-refractivity contribution >= 4 is 10.2 Å². The van der Waals surface area contributed by atoms with Crippen LogP contribution in [0.15, 0.2) is 42.6 Å². The maximum atomic E-state index is 14.3. The molecule has 118 valence electrons. The van der Waals surface area contributed by atoms with Crippen LogP contribution >= 0.6 is 0 Å². The summed E-state index contributed by atoms with van der Waals surface area (Å²) in [6.45, 7) is 0.863. The molecule has 5 nitrogen and oxygen atoms in total. The fraction of sp³-hybridized carbons (Fsp3) is 0.333. The van der Waals surface area contributed by atoms with E-state index in [1.807, 2.05) is 22.9 Å². The third-order valence-corrected chi connectivity index (χ3v) is 5.86. The lowest BCUT2D eigenvalue weighted by Gasteiger charge is -2.37. The maximum absolute atomic E-state index is 14.3. The van der Waals surface area contributed by atoms with E-state index < -0.39 is 22.1 Å². The van der Waals surface area contributed by atoms with E-state index in [2.05, 4.69) is 0 Å². The molecular formula is C15H18FN3O2S. The monoisotopic (exact) mass is 323 g/mol. The van der Waals surface area contributed by atoms with Crippen LogP contribution < -0.4 is 0 Å². The lowest BCUT2D eigenvalue weighted by atomic mass is 10.0. The number of aromatic nitrogens is 1. The fourth-order valence-electron chi connectivity index (χ4n) is 2.83. The van der Waals surface area contributed by atoms with Gasteiger partial charge in [0.25, 0.3) is 10.2 Å². The quantitative estimate of drug-likeness (QED) is 0.865. The van der Waals surface area contributed by atoms with Crippen molar-refractivity contribution in [2.75, 3.05) is 20.6 Å². The van der Waals surface area contributed by atoms with Gasteiger partial charge in [0.15, 0.2) is 0 Å². The summed E-state index contributed by atoms with van der Waals surface area (Å²) in [4.78, 5) is 0. The zero-order chi connectivity index (χ0) is 15.9. The molecule has 0 radical (unpaired) electrons. The van der Waals surface area contributed by atoms with Gasteiger partial charge in [-0.1, -0.05) is 18.2 Å². The van der Waals surface area contributed by atoms with E-state index in [0.29, 0.717) is 18.7 Å². The molecular weight excluding hydrogens is 305 g/mol. The molecule has 2 heterocycles. The summed E-state index contributed by atoms with van der Waals surface area (Å²) in [5.74, 6) is -0.402. The summed E-state index contributed by atoms with van der Waals surface area (Å²) in [5.41, 5.74) is 1.15. The van der Waals surface area contributed by atoms with Crippen molar-refractivity contribution < 1.29 is 12.8 Å². The Morgan fingerprint density at radius 2 is 1.86 bits per heavy atom. The molecule has 7 heteroatoms. The van der Waals surface area contributed by atoms with Crippen LogP contribution in [0.1, 0.15) is 17.3 Å². The SMILES string of the molecule is CN(C)S(=O)(=O)N1CCn2cccc2C1c1ccccc1F. The molecule has 0 amide bonds. The first kappa shape index (κ1) is 15.2. The van der Waals surface area contributed by atoms with Crippen LogP contribution in [-0.2, 0) is 16.8 Å². The van der Waals surface area contributed by atoms with Gasteiger partial charge in [-0.2, -0.15) is 17.0 Å². The standard InChI is InChI=1S/C15H18FN3O2S/c1-17(2)22(20,21)19-11-10-18-9-5-8-14(18)15(19)12-6-3-4-7-13(12)16/h3-9,15H,10-11H2,1-2H3. The van der Waals surface area contributed by atoms with Crippen molar-refractivity contribution in [2.24, 2.45) is 0 Å². The Bertz CT molecular complexity index is 786. The van der Waals surface area contributed by atoms with Gasteiger partial charge in [0.2, 0.25) is 0 Å². The first-order valence-corrected chi connectivity index (χ1v) is 8.41. The van der Waals surface area contributed by atoms with Gasteiger partial charge in [0, 0.05) is 44.6 Å². The highest BCUT2D eigenvalue weighted by molar-refractivity contribution is 7.86. The molecule has 0 fully saturated rings. The highest BCUT2D eigenvalue weighted by Crippen LogP contribution is 2.35. The molecule has 1 aliphatic heterocycles. The predicted molar refractivity (Wildman–Crippen MR) is 82.0 cm³/mol. The van der Waals surface area contributed by atoms with Crippen LogP contribution in [0, 0.1) is 5.82 Å². The van der Waals surface area contributed by atoms with Gasteiger partial charge in [0.05, 0.1) is 6.04 Å². The highest BCUT2D eigenvalue weighted by Gasteiger charge is 2.38. The third-order valence-electron chi connectivity index (χ3n) is 3.95. The topological polar surface area (TPSA) is 45.6 Å². The summed E-state index contributed by atoms with van der Waals surface area (Å²) in [6.07, 6.45) is 1.89. The van der Waals surface area contributed by atoms with Crippen molar-refractivity contribution in [1.29, 1.82) is 0 Å². The normalized spacial score (nSPS) is 19.4. The minimum Gasteiger partial charge on any atom is -0.348 e. The molecule has 1 atom stereocenters. The van der Waals surface area contributed by atoms with Gasteiger partial charge in [-0.15, -0.1) is 0 Å². The first-order valence-electron chi connectivity index (χ1n) is 7.01. The van der Waals surface area contributed by atoms with Gasteiger partial charge in [-0.25, -0.2) is 4.39 Å². The summed E-state index contributed by atoms with van der Waals surface area (Å²) >= 11 is 0. The molecule has 0 bridgehead atoms. The minimum absolute atomic E-state index is 0.307. The molecule has 22 heavy (non-hydrogen) atoms. The molecule has 0 saturated heterocycles. The molecule has 0 aliphatic carbocycles. The van der Waals surface area contributed by atoms with Crippen LogP contribution in [0.2, 0.25) is 0 Å². The molecule has 2 aromatic rings. The van der Waals surface area contributed by atoms with Crippen LogP contribution in [0.5, 0.6) is 0 Å². The number of nitrogens with zero attached hydrogens (tertiary/aromatic N) is 3. The number of halogens is 1. The summed E-state index contributed by atoms with van der Waals surface area (Å²) < 4.78 is 44.1. The Labute approximate surface area is 129 Å². The zero-order valence-electron chi connectivity index (χ0n) is 12.5. The molecule has 1 aromatic carbocycles. The van der Waals surface area contributed by atoms with E-state index in [9.17, 15) is 12.8 Å². The van der Waals surface area contributed by atoms with E-state index in [-0.39, 0.29) is 0 Å². The lowest BCUT2D eigenvalue weighted by molar-refractivity contribution is 0.277. The van der Waals surface area contributed by atoms with Crippen molar-refractivity contribution in [3.05, 3.63) is 59.7 Å². The number of hydrogen-bond donors (Lipinski definition) is 0. The molecule has 3 rings (SSSR count). The average Bonchev–Trinajstić information content (AvgIpc) is 2.95. The zero-order valence-corrected chi connectivity index (χ0v) is 13.3. The van der Waals surface area contributed by atoms with Gasteiger partial charge in [-0.3, -0.25) is 0 Å². The Morgan fingerprint density at radius 3 is 2.55 bits per heavy atom. The molecule has 1 unspecified atom stereocenters. The van der Waals surface area contributed by atoms with Crippen molar-refractivity contribution in [1.82, 2.24) is 13.2 Å². The van der Waals surface area contributed by atoms with Gasteiger partial charge < -0.3 is 4.57 Å². The van der Waals surface area contributed by atoms with E-state index in [1.54, 1.807) is 18.2 Å². The van der Waals surface area contributed by atoms with Gasteiger partial charge >= 0.3 is 0 Å². The molecule has 0 saturated carbocycles. The second kappa shape index (κ2) is 5.49.